The second kappa shape index (κ2) is 8.85. The lowest BCUT2D eigenvalue weighted by Gasteiger charge is -2.28. The minimum atomic E-state index is -0.384. The van der Waals surface area contributed by atoms with Crippen LogP contribution in [0.5, 0.6) is 5.75 Å². The van der Waals surface area contributed by atoms with Gasteiger partial charge in [-0.2, -0.15) is 10.2 Å². The molecule has 4 rings (SSSR count). The van der Waals surface area contributed by atoms with Crippen LogP contribution < -0.4 is 5.32 Å². The summed E-state index contributed by atoms with van der Waals surface area (Å²) in [5.74, 6) is 0.578. The van der Waals surface area contributed by atoms with Crippen LogP contribution in [-0.2, 0) is 7.05 Å². The van der Waals surface area contributed by atoms with E-state index in [2.05, 4.69) is 25.5 Å². The number of benzene rings is 2. The number of aromatic nitrogens is 2. The van der Waals surface area contributed by atoms with E-state index >= 15 is 0 Å². The number of aromatic hydroxyl groups is 1. The lowest BCUT2D eigenvalue weighted by molar-refractivity contribution is 0.355. The maximum atomic E-state index is 14.5. The highest BCUT2D eigenvalue weighted by atomic mass is 19.1. The minimum Gasteiger partial charge on any atom is -0.507 e. The Hall–Kier alpha value is -3.26. The zero-order chi connectivity index (χ0) is 22.0. The summed E-state index contributed by atoms with van der Waals surface area (Å²) in [4.78, 5) is 2.19. The van der Waals surface area contributed by atoms with Gasteiger partial charge >= 0.3 is 0 Å². The number of aryl methyl sites for hydroxylation is 1. The normalized spacial score (nSPS) is 15.7. The van der Waals surface area contributed by atoms with Gasteiger partial charge in [0.2, 0.25) is 0 Å². The van der Waals surface area contributed by atoms with Crippen LogP contribution in [0.1, 0.15) is 25.8 Å². The lowest BCUT2D eigenvalue weighted by atomic mass is 9.99. The van der Waals surface area contributed by atoms with Gasteiger partial charge in [-0.15, -0.1) is 5.10 Å². The standard InChI is InChI=1S/C23H27FN6O/c1-4-21(27-26-15(2)30-9-7-25-8-10-30)19-6-5-16(13-22(19)31)17-11-18-14-29(3)28-23(18)20(24)12-17/h5-6,11-14,25,31H,4,7-10H2,1-3H3/b26-15+,27-21+. The van der Waals surface area contributed by atoms with Crippen LogP contribution in [0.3, 0.4) is 0 Å². The van der Waals surface area contributed by atoms with Crippen molar-refractivity contribution < 1.29 is 9.50 Å². The van der Waals surface area contributed by atoms with Crippen molar-refractivity contribution in [2.24, 2.45) is 17.3 Å². The molecule has 0 bridgehead atoms. The van der Waals surface area contributed by atoms with Gasteiger partial charge in [0.25, 0.3) is 0 Å². The first-order valence-corrected chi connectivity index (χ1v) is 10.5. The van der Waals surface area contributed by atoms with Crippen molar-refractivity contribution >= 4 is 22.5 Å². The molecule has 2 aromatic carbocycles. The fourth-order valence-electron chi connectivity index (χ4n) is 3.83. The predicted molar refractivity (Wildman–Crippen MR) is 122 cm³/mol. The second-order valence-electron chi connectivity index (χ2n) is 7.72. The maximum Gasteiger partial charge on any atom is 0.151 e. The third-order valence-corrected chi connectivity index (χ3v) is 5.54. The van der Waals surface area contributed by atoms with E-state index in [4.69, 9.17) is 0 Å². The number of fused-ring (bicyclic) bond motifs is 1. The zero-order valence-corrected chi connectivity index (χ0v) is 18.1. The topological polar surface area (TPSA) is 78.0 Å². The number of hydrogen-bond donors (Lipinski definition) is 2. The van der Waals surface area contributed by atoms with E-state index in [9.17, 15) is 9.50 Å². The van der Waals surface area contributed by atoms with E-state index in [0.29, 0.717) is 28.8 Å². The number of hydrogen-bond acceptors (Lipinski definition) is 5. The third kappa shape index (κ3) is 4.44. The fourth-order valence-corrected chi connectivity index (χ4v) is 3.83. The molecule has 3 aromatic rings. The summed E-state index contributed by atoms with van der Waals surface area (Å²) < 4.78 is 16.0. The quantitative estimate of drug-likeness (QED) is 0.383. The fraction of sp³-hybridized carbons (Fsp3) is 0.348. The van der Waals surface area contributed by atoms with Gasteiger partial charge in [-0.25, -0.2) is 4.39 Å². The molecule has 0 atom stereocenters. The number of amidine groups is 1. The number of phenols is 1. The molecule has 0 radical (unpaired) electrons. The van der Waals surface area contributed by atoms with Crippen LogP contribution in [0.2, 0.25) is 0 Å². The molecule has 0 aliphatic carbocycles. The number of halogens is 1. The number of rotatable bonds is 4. The average molecular weight is 423 g/mol. The summed E-state index contributed by atoms with van der Waals surface area (Å²) in [5, 5.41) is 27.7. The van der Waals surface area contributed by atoms with Crippen molar-refractivity contribution in [1.29, 1.82) is 0 Å². The second-order valence-corrected chi connectivity index (χ2v) is 7.72. The summed E-state index contributed by atoms with van der Waals surface area (Å²) in [6.07, 6.45) is 2.40. The minimum absolute atomic E-state index is 0.0971. The maximum absolute atomic E-state index is 14.5. The van der Waals surface area contributed by atoms with Gasteiger partial charge in [-0.3, -0.25) is 4.68 Å². The van der Waals surface area contributed by atoms with Gasteiger partial charge < -0.3 is 15.3 Å². The van der Waals surface area contributed by atoms with Gasteiger partial charge in [0.05, 0.1) is 5.71 Å². The van der Waals surface area contributed by atoms with Gasteiger partial charge in [0.1, 0.15) is 17.1 Å². The first kappa shape index (κ1) is 21.0. The Morgan fingerprint density at radius 2 is 1.94 bits per heavy atom. The molecule has 2 N–H and O–H groups in total. The lowest BCUT2D eigenvalue weighted by Crippen LogP contribution is -2.45. The van der Waals surface area contributed by atoms with Crippen LogP contribution in [-0.4, -0.2) is 57.5 Å². The molecule has 1 aliphatic rings. The van der Waals surface area contributed by atoms with Crippen molar-refractivity contribution in [3.63, 3.8) is 0 Å². The van der Waals surface area contributed by atoms with Crippen molar-refractivity contribution in [3.8, 4) is 16.9 Å². The van der Waals surface area contributed by atoms with E-state index in [1.54, 1.807) is 24.0 Å². The van der Waals surface area contributed by atoms with Gasteiger partial charge in [-0.05, 0) is 48.7 Å². The highest BCUT2D eigenvalue weighted by Gasteiger charge is 2.14. The Morgan fingerprint density at radius 1 is 1.16 bits per heavy atom. The van der Waals surface area contributed by atoms with Crippen LogP contribution in [0, 0.1) is 5.82 Å². The molecule has 0 spiro atoms. The molecule has 31 heavy (non-hydrogen) atoms. The zero-order valence-electron chi connectivity index (χ0n) is 18.1. The SMILES string of the molecule is CC/C(=N\N=C(/C)N1CCNCC1)c1ccc(-c2cc(F)c3nn(C)cc3c2)cc1O. The highest BCUT2D eigenvalue weighted by molar-refractivity contribution is 6.03. The number of nitrogens with one attached hydrogen (secondary N) is 1. The number of nitrogens with zero attached hydrogens (tertiary/aromatic N) is 5. The van der Waals surface area contributed by atoms with Crippen molar-refractivity contribution in [2.75, 3.05) is 26.2 Å². The Kier molecular flexibility index (Phi) is 5.99. The largest absolute Gasteiger partial charge is 0.507 e. The smallest absolute Gasteiger partial charge is 0.151 e. The molecule has 0 unspecified atom stereocenters. The molecule has 162 valence electrons. The van der Waals surface area contributed by atoms with E-state index in [1.165, 1.54) is 6.07 Å². The van der Waals surface area contributed by atoms with Gasteiger partial charge in [0.15, 0.2) is 5.82 Å². The Bertz CT molecular complexity index is 1160. The molecule has 1 saturated heterocycles. The molecule has 0 amide bonds. The summed E-state index contributed by atoms with van der Waals surface area (Å²) in [7, 11) is 1.76. The molecule has 1 aliphatic heterocycles. The van der Waals surface area contributed by atoms with Crippen molar-refractivity contribution in [3.05, 3.63) is 47.9 Å². The van der Waals surface area contributed by atoms with Crippen LogP contribution in [0.4, 0.5) is 4.39 Å². The Morgan fingerprint density at radius 3 is 2.65 bits per heavy atom. The molecule has 7 nitrogen and oxygen atoms in total. The van der Waals surface area contributed by atoms with Crippen molar-refractivity contribution in [2.45, 2.75) is 20.3 Å². The van der Waals surface area contributed by atoms with E-state index in [-0.39, 0.29) is 11.6 Å². The summed E-state index contributed by atoms with van der Waals surface area (Å²) >= 11 is 0. The summed E-state index contributed by atoms with van der Waals surface area (Å²) in [5.41, 5.74) is 3.08. The molecular formula is C23H27FN6O. The predicted octanol–water partition coefficient (Wildman–Crippen LogP) is 3.52. The van der Waals surface area contributed by atoms with E-state index in [1.807, 2.05) is 32.0 Å². The molecule has 1 aromatic heterocycles. The van der Waals surface area contributed by atoms with Crippen LogP contribution in [0.15, 0.2) is 46.7 Å². The summed E-state index contributed by atoms with van der Waals surface area (Å²) in [6.45, 7) is 7.62. The van der Waals surface area contributed by atoms with Crippen LogP contribution >= 0.6 is 0 Å². The number of piperazine rings is 1. The molecule has 0 saturated carbocycles. The Labute approximate surface area is 180 Å². The van der Waals surface area contributed by atoms with Crippen molar-refractivity contribution in [1.82, 2.24) is 20.0 Å². The van der Waals surface area contributed by atoms with Crippen LogP contribution in [0.25, 0.3) is 22.0 Å². The first-order chi connectivity index (χ1) is 15.0. The van der Waals surface area contributed by atoms with Gasteiger partial charge in [-0.1, -0.05) is 13.0 Å². The Balaban J connectivity index is 1.63. The van der Waals surface area contributed by atoms with E-state index < -0.39 is 0 Å². The highest BCUT2D eigenvalue weighted by Crippen LogP contribution is 2.30. The van der Waals surface area contributed by atoms with E-state index in [0.717, 1.165) is 43.0 Å². The average Bonchev–Trinajstić information content (AvgIpc) is 3.16. The van der Waals surface area contributed by atoms with Gasteiger partial charge in [0, 0.05) is 50.4 Å². The monoisotopic (exact) mass is 422 g/mol. The third-order valence-electron chi connectivity index (χ3n) is 5.54. The summed E-state index contributed by atoms with van der Waals surface area (Å²) in [6, 6.07) is 8.64. The number of phenolic OH excluding ortho intramolecular Hbond substituents is 1. The first-order valence-electron chi connectivity index (χ1n) is 10.5. The molecule has 1 fully saturated rings. The molecular weight excluding hydrogens is 395 g/mol. The molecule has 8 heteroatoms. The molecule has 2 heterocycles.